The highest BCUT2D eigenvalue weighted by Gasteiger charge is 2.49. The van der Waals surface area contributed by atoms with E-state index in [1.165, 1.54) is 0 Å². The summed E-state index contributed by atoms with van der Waals surface area (Å²) >= 11 is 0. The van der Waals surface area contributed by atoms with Gasteiger partial charge >= 0.3 is 6.09 Å². The van der Waals surface area contributed by atoms with Crippen LogP contribution in [0.3, 0.4) is 0 Å². The normalized spacial score (nSPS) is 34.2. The molecule has 2 aliphatic rings. The van der Waals surface area contributed by atoms with Crippen molar-refractivity contribution in [1.82, 2.24) is 10.6 Å². The molecule has 0 saturated carbocycles. The number of carboxylic acid groups (broad SMARTS) is 1. The predicted octanol–water partition coefficient (Wildman–Crippen LogP) is 0.411. The second kappa shape index (κ2) is 3.98. The van der Waals surface area contributed by atoms with Crippen LogP contribution >= 0.6 is 0 Å². The molecule has 0 unspecified atom stereocenters. The van der Waals surface area contributed by atoms with Crippen LogP contribution in [0, 0.1) is 5.41 Å². The van der Waals surface area contributed by atoms with Gasteiger partial charge in [0.15, 0.2) is 0 Å². The summed E-state index contributed by atoms with van der Waals surface area (Å²) < 4.78 is 5.61. The monoisotopic (exact) mass is 214 g/mol. The van der Waals surface area contributed by atoms with Gasteiger partial charge in [0, 0.05) is 5.41 Å². The number of hydrogen-bond acceptors (Lipinski definition) is 3. The fourth-order valence-corrected chi connectivity index (χ4v) is 2.76. The Bertz CT molecular complexity index is 246. The molecule has 0 radical (unpaired) electrons. The number of carbonyl (C=O) groups is 1. The van der Waals surface area contributed by atoms with Gasteiger partial charge in [0.25, 0.3) is 0 Å². The predicted molar refractivity (Wildman–Crippen MR) is 54.9 cm³/mol. The maximum atomic E-state index is 10.7. The van der Waals surface area contributed by atoms with E-state index in [2.05, 4.69) is 10.6 Å². The van der Waals surface area contributed by atoms with E-state index in [0.29, 0.717) is 6.61 Å². The molecule has 3 N–H and O–H groups in total. The summed E-state index contributed by atoms with van der Waals surface area (Å²) in [5, 5.41) is 14.7. The molecule has 2 saturated heterocycles. The lowest BCUT2D eigenvalue weighted by Crippen LogP contribution is -2.53. The van der Waals surface area contributed by atoms with Crippen molar-refractivity contribution in [3.8, 4) is 0 Å². The Morgan fingerprint density at radius 3 is 2.80 bits per heavy atom. The van der Waals surface area contributed by atoms with Gasteiger partial charge in [-0.25, -0.2) is 4.79 Å². The first-order chi connectivity index (χ1) is 7.14. The summed E-state index contributed by atoms with van der Waals surface area (Å²) in [4.78, 5) is 10.7. The SMILES string of the molecule is C[C@@H]1OCC2(CCNCC2)[C@@H]1NC(=O)O. The van der Waals surface area contributed by atoms with E-state index in [4.69, 9.17) is 9.84 Å². The summed E-state index contributed by atoms with van der Waals surface area (Å²) in [5.74, 6) is 0. The average Bonchev–Trinajstić information content (AvgIpc) is 2.48. The minimum absolute atomic E-state index is 0.0146. The fourth-order valence-electron chi connectivity index (χ4n) is 2.76. The molecule has 2 aliphatic heterocycles. The van der Waals surface area contributed by atoms with Crippen molar-refractivity contribution in [3.05, 3.63) is 0 Å². The third kappa shape index (κ3) is 1.94. The molecule has 86 valence electrons. The fraction of sp³-hybridized carbons (Fsp3) is 0.900. The molecule has 1 spiro atoms. The highest BCUT2D eigenvalue weighted by molar-refractivity contribution is 5.65. The third-order valence-corrected chi connectivity index (χ3v) is 3.64. The lowest BCUT2D eigenvalue weighted by atomic mass is 9.73. The molecule has 2 fully saturated rings. The Hall–Kier alpha value is -0.810. The summed E-state index contributed by atoms with van der Waals surface area (Å²) in [6.45, 7) is 4.53. The highest BCUT2D eigenvalue weighted by atomic mass is 16.5. The van der Waals surface area contributed by atoms with E-state index in [-0.39, 0.29) is 17.6 Å². The Balaban J connectivity index is 2.11. The van der Waals surface area contributed by atoms with Crippen molar-refractivity contribution in [1.29, 1.82) is 0 Å². The van der Waals surface area contributed by atoms with Crippen molar-refractivity contribution in [2.24, 2.45) is 5.41 Å². The number of ether oxygens (including phenoxy) is 1. The van der Waals surface area contributed by atoms with Crippen molar-refractivity contribution >= 4 is 6.09 Å². The molecule has 0 aromatic carbocycles. The second-order valence-electron chi connectivity index (χ2n) is 4.56. The minimum Gasteiger partial charge on any atom is -0.465 e. The molecule has 2 heterocycles. The molecular weight excluding hydrogens is 196 g/mol. The van der Waals surface area contributed by atoms with Gasteiger partial charge in [0.1, 0.15) is 0 Å². The van der Waals surface area contributed by atoms with E-state index < -0.39 is 6.09 Å². The molecule has 2 atom stereocenters. The number of rotatable bonds is 1. The Morgan fingerprint density at radius 2 is 2.20 bits per heavy atom. The average molecular weight is 214 g/mol. The van der Waals surface area contributed by atoms with E-state index >= 15 is 0 Å². The molecule has 2 rings (SSSR count). The van der Waals surface area contributed by atoms with E-state index in [1.807, 2.05) is 6.92 Å². The second-order valence-corrected chi connectivity index (χ2v) is 4.56. The molecule has 1 amide bonds. The zero-order valence-electron chi connectivity index (χ0n) is 8.95. The largest absolute Gasteiger partial charge is 0.465 e. The lowest BCUT2D eigenvalue weighted by molar-refractivity contribution is 0.0950. The molecular formula is C10H18N2O3. The van der Waals surface area contributed by atoms with Crippen LogP contribution < -0.4 is 10.6 Å². The van der Waals surface area contributed by atoms with Crippen molar-refractivity contribution in [3.63, 3.8) is 0 Å². The molecule has 0 aromatic heterocycles. The van der Waals surface area contributed by atoms with Crippen LogP contribution in [-0.2, 0) is 4.74 Å². The maximum absolute atomic E-state index is 10.7. The number of nitrogens with one attached hydrogen (secondary N) is 2. The molecule has 0 bridgehead atoms. The van der Waals surface area contributed by atoms with Gasteiger partial charge in [-0.3, -0.25) is 0 Å². The smallest absolute Gasteiger partial charge is 0.404 e. The van der Waals surface area contributed by atoms with Crippen LogP contribution in [-0.4, -0.2) is 43.0 Å². The summed E-state index contributed by atoms with van der Waals surface area (Å²) in [6, 6.07) is -0.0582. The van der Waals surface area contributed by atoms with Gasteiger partial charge in [0.05, 0.1) is 18.8 Å². The van der Waals surface area contributed by atoms with Crippen LogP contribution in [0.1, 0.15) is 19.8 Å². The number of amides is 1. The summed E-state index contributed by atoms with van der Waals surface area (Å²) in [6.07, 6.45) is 1.01. The Kier molecular flexibility index (Phi) is 2.84. The van der Waals surface area contributed by atoms with Gasteiger partial charge in [-0.05, 0) is 32.9 Å². The quantitative estimate of drug-likeness (QED) is 0.591. The third-order valence-electron chi connectivity index (χ3n) is 3.64. The van der Waals surface area contributed by atoms with Crippen LogP contribution in [0.25, 0.3) is 0 Å². The minimum atomic E-state index is -0.949. The van der Waals surface area contributed by atoms with E-state index in [1.54, 1.807) is 0 Å². The standard InChI is InChI=1S/C10H18N2O3/c1-7-8(12-9(13)14)10(6-15-7)2-4-11-5-3-10/h7-8,11-12H,2-6H2,1H3,(H,13,14)/t7-,8+/m0/s1. The summed E-state index contributed by atoms with van der Waals surface area (Å²) in [7, 11) is 0. The zero-order valence-corrected chi connectivity index (χ0v) is 8.95. The van der Waals surface area contributed by atoms with Crippen LogP contribution in [0.15, 0.2) is 0 Å². The van der Waals surface area contributed by atoms with Gasteiger partial charge < -0.3 is 20.5 Å². The van der Waals surface area contributed by atoms with E-state index in [9.17, 15) is 4.79 Å². The maximum Gasteiger partial charge on any atom is 0.404 e. The zero-order chi connectivity index (χ0) is 10.9. The topological polar surface area (TPSA) is 70.6 Å². The van der Waals surface area contributed by atoms with Gasteiger partial charge in [0.2, 0.25) is 0 Å². The Labute approximate surface area is 89.2 Å². The van der Waals surface area contributed by atoms with Crippen LogP contribution in [0.4, 0.5) is 4.79 Å². The molecule has 5 nitrogen and oxygen atoms in total. The van der Waals surface area contributed by atoms with Gasteiger partial charge in [-0.2, -0.15) is 0 Å². The number of piperidine rings is 1. The summed E-state index contributed by atoms with van der Waals surface area (Å²) in [5.41, 5.74) is 0.0169. The van der Waals surface area contributed by atoms with Crippen LogP contribution in [0.2, 0.25) is 0 Å². The Morgan fingerprint density at radius 1 is 1.53 bits per heavy atom. The van der Waals surface area contributed by atoms with Crippen LogP contribution in [0.5, 0.6) is 0 Å². The molecule has 0 aliphatic carbocycles. The molecule has 5 heteroatoms. The molecule has 0 aromatic rings. The molecule has 15 heavy (non-hydrogen) atoms. The van der Waals surface area contributed by atoms with Crippen molar-refractivity contribution in [2.75, 3.05) is 19.7 Å². The van der Waals surface area contributed by atoms with Gasteiger partial charge in [-0.1, -0.05) is 0 Å². The first-order valence-electron chi connectivity index (χ1n) is 5.46. The number of hydrogen-bond donors (Lipinski definition) is 3. The van der Waals surface area contributed by atoms with Crippen molar-refractivity contribution in [2.45, 2.75) is 31.9 Å². The van der Waals surface area contributed by atoms with Crippen molar-refractivity contribution < 1.29 is 14.6 Å². The first-order valence-corrected chi connectivity index (χ1v) is 5.46. The lowest BCUT2D eigenvalue weighted by Gasteiger charge is -2.38. The first kappa shape index (κ1) is 10.7. The highest BCUT2D eigenvalue weighted by Crippen LogP contribution is 2.40. The van der Waals surface area contributed by atoms with Gasteiger partial charge in [-0.15, -0.1) is 0 Å². The van der Waals surface area contributed by atoms with E-state index in [0.717, 1.165) is 25.9 Å².